The third kappa shape index (κ3) is 4.75. The van der Waals surface area contributed by atoms with Crippen molar-refractivity contribution in [3.05, 3.63) is 41.7 Å². The summed E-state index contributed by atoms with van der Waals surface area (Å²) in [4.78, 5) is 20.0. The van der Waals surface area contributed by atoms with Crippen molar-refractivity contribution in [2.24, 2.45) is 0 Å². The lowest BCUT2D eigenvalue weighted by atomic mass is 10.0. The van der Waals surface area contributed by atoms with Crippen LogP contribution in [0.15, 0.2) is 30.6 Å². The lowest BCUT2D eigenvalue weighted by Crippen LogP contribution is -2.36. The Kier molecular flexibility index (Phi) is 5.63. The van der Waals surface area contributed by atoms with E-state index < -0.39 is 29.4 Å². The first kappa shape index (κ1) is 20.8. The van der Waals surface area contributed by atoms with E-state index in [2.05, 4.69) is 25.9 Å². The van der Waals surface area contributed by atoms with Crippen molar-refractivity contribution >= 4 is 23.2 Å². The molecule has 6 nitrogen and oxygen atoms in total. The third-order valence-electron chi connectivity index (χ3n) is 4.94. The molecule has 0 aromatic carbocycles. The molecule has 1 aliphatic carbocycles. The number of hydrogen-bond donors (Lipinski definition) is 3. The van der Waals surface area contributed by atoms with Gasteiger partial charge in [0.05, 0.1) is 22.9 Å². The summed E-state index contributed by atoms with van der Waals surface area (Å²) in [6, 6.07) is 3.13. The largest absolute Gasteiger partial charge is 0.417 e. The minimum Gasteiger partial charge on any atom is -0.378 e. The van der Waals surface area contributed by atoms with Gasteiger partial charge in [-0.25, -0.2) is 14.4 Å². The first-order chi connectivity index (χ1) is 13.6. The second-order valence-corrected chi connectivity index (χ2v) is 7.12. The molecule has 2 aromatic rings. The molecular weight excluding hydrogens is 390 g/mol. The van der Waals surface area contributed by atoms with Crippen molar-refractivity contribution in [3.63, 3.8) is 0 Å². The highest BCUT2D eigenvalue weighted by Gasteiger charge is 2.39. The van der Waals surface area contributed by atoms with Crippen LogP contribution in [0.5, 0.6) is 0 Å². The molecule has 10 heteroatoms. The van der Waals surface area contributed by atoms with Gasteiger partial charge < -0.3 is 16.0 Å². The van der Waals surface area contributed by atoms with Gasteiger partial charge in [-0.05, 0) is 38.3 Å². The molecule has 1 saturated carbocycles. The van der Waals surface area contributed by atoms with Crippen molar-refractivity contribution in [1.29, 1.82) is 0 Å². The van der Waals surface area contributed by atoms with Gasteiger partial charge in [0.1, 0.15) is 17.3 Å². The molecule has 1 unspecified atom stereocenters. The van der Waals surface area contributed by atoms with E-state index >= 15 is 0 Å². The van der Waals surface area contributed by atoms with Crippen LogP contribution in [0, 0.1) is 0 Å². The van der Waals surface area contributed by atoms with Crippen LogP contribution in [0.3, 0.4) is 0 Å². The maximum atomic E-state index is 14.7. The van der Waals surface area contributed by atoms with E-state index in [1.54, 1.807) is 0 Å². The van der Waals surface area contributed by atoms with E-state index in [0.717, 1.165) is 12.5 Å². The molecule has 3 rings (SSSR count). The fraction of sp³-hybridized carbons (Fsp3) is 0.421. The Hall–Kier alpha value is -2.91. The molecule has 1 amide bonds. The molecule has 2 heterocycles. The molecule has 0 bridgehead atoms. The Morgan fingerprint density at radius 1 is 1.21 bits per heavy atom. The maximum Gasteiger partial charge on any atom is 0.417 e. The fourth-order valence-electron chi connectivity index (χ4n) is 3.26. The Bertz CT molecular complexity index is 883. The average Bonchev–Trinajstić information content (AvgIpc) is 2.99. The van der Waals surface area contributed by atoms with Crippen molar-refractivity contribution in [2.45, 2.75) is 44.1 Å². The predicted octanol–water partition coefficient (Wildman–Crippen LogP) is 4.29. The molecule has 2 aromatic heterocycles. The predicted molar refractivity (Wildman–Crippen MR) is 101 cm³/mol. The zero-order valence-electron chi connectivity index (χ0n) is 15.9. The minimum absolute atomic E-state index is 0.153. The van der Waals surface area contributed by atoms with Crippen LogP contribution in [-0.2, 0) is 6.18 Å². The summed E-state index contributed by atoms with van der Waals surface area (Å²) < 4.78 is 52.6. The number of carbonyl (C=O) groups is 1. The summed E-state index contributed by atoms with van der Waals surface area (Å²) in [5.74, 6) is 0.0177. The molecule has 1 aliphatic rings. The standard InChI is InChI=1S/C19H21F4N5O/c1-18(20)7-3-4-14(18)27-13-8-16(26-10-12(13)17(29)24-2)28-15-6-5-11(9-25-15)19(21,22)23/h5-6,8-10,14H,3-4,7H2,1-2H3,(H,24,29)(H2,25,26,27,28)/t14-,18?/m0/s1. The first-order valence-corrected chi connectivity index (χ1v) is 9.08. The van der Waals surface area contributed by atoms with Crippen molar-refractivity contribution < 1.29 is 22.4 Å². The highest BCUT2D eigenvalue weighted by molar-refractivity contribution is 5.99. The maximum absolute atomic E-state index is 14.7. The smallest absolute Gasteiger partial charge is 0.378 e. The molecule has 2 atom stereocenters. The molecule has 1 fully saturated rings. The normalized spacial score (nSPS) is 21.7. The monoisotopic (exact) mass is 411 g/mol. The second kappa shape index (κ2) is 7.84. The van der Waals surface area contributed by atoms with Crippen LogP contribution in [0.25, 0.3) is 0 Å². The molecule has 0 saturated heterocycles. The van der Waals surface area contributed by atoms with Gasteiger partial charge in [-0.15, -0.1) is 0 Å². The van der Waals surface area contributed by atoms with Gasteiger partial charge in [0, 0.05) is 25.5 Å². The van der Waals surface area contributed by atoms with Gasteiger partial charge >= 0.3 is 6.18 Å². The lowest BCUT2D eigenvalue weighted by Gasteiger charge is -2.26. The number of aromatic nitrogens is 2. The number of pyridine rings is 2. The molecule has 0 spiro atoms. The topological polar surface area (TPSA) is 78.9 Å². The van der Waals surface area contributed by atoms with Gasteiger partial charge in [0.25, 0.3) is 5.91 Å². The van der Waals surface area contributed by atoms with E-state index in [1.165, 1.54) is 32.3 Å². The molecule has 29 heavy (non-hydrogen) atoms. The minimum atomic E-state index is -4.48. The van der Waals surface area contributed by atoms with Crippen LogP contribution in [0.2, 0.25) is 0 Å². The molecule has 3 N–H and O–H groups in total. The van der Waals surface area contributed by atoms with Gasteiger partial charge in [-0.3, -0.25) is 4.79 Å². The van der Waals surface area contributed by atoms with Crippen LogP contribution in [0.1, 0.15) is 42.1 Å². The third-order valence-corrected chi connectivity index (χ3v) is 4.94. The van der Waals surface area contributed by atoms with Crippen molar-refractivity contribution in [3.8, 4) is 0 Å². The number of carbonyl (C=O) groups excluding carboxylic acids is 1. The summed E-state index contributed by atoms with van der Waals surface area (Å²) in [6.07, 6.45) is -0.676. The summed E-state index contributed by atoms with van der Waals surface area (Å²) in [6.45, 7) is 1.52. The number of anilines is 3. The number of halogens is 4. The Morgan fingerprint density at radius 3 is 2.48 bits per heavy atom. The number of nitrogens with one attached hydrogen (secondary N) is 3. The van der Waals surface area contributed by atoms with E-state index in [1.807, 2.05) is 0 Å². The van der Waals surface area contributed by atoms with Gasteiger partial charge in [-0.2, -0.15) is 13.2 Å². The summed E-state index contributed by atoms with van der Waals surface area (Å²) >= 11 is 0. The van der Waals surface area contributed by atoms with Crippen LogP contribution < -0.4 is 16.0 Å². The van der Waals surface area contributed by atoms with Crippen LogP contribution in [0.4, 0.5) is 34.9 Å². The molecular formula is C19H21F4N5O. The Balaban J connectivity index is 1.85. The highest BCUT2D eigenvalue weighted by Crippen LogP contribution is 2.36. The van der Waals surface area contributed by atoms with Crippen LogP contribution >= 0.6 is 0 Å². The SMILES string of the molecule is CNC(=O)c1cnc(Nc2ccc(C(F)(F)F)cn2)cc1N[C@H]1CCCC1(C)F. The number of rotatable bonds is 5. The van der Waals surface area contributed by atoms with E-state index in [9.17, 15) is 22.4 Å². The Labute approximate surface area is 165 Å². The van der Waals surface area contributed by atoms with Gasteiger partial charge in [-0.1, -0.05) is 0 Å². The molecule has 0 radical (unpaired) electrons. The second-order valence-electron chi connectivity index (χ2n) is 7.12. The summed E-state index contributed by atoms with van der Waals surface area (Å²) in [5, 5.41) is 8.39. The molecule has 156 valence electrons. The van der Waals surface area contributed by atoms with E-state index in [-0.39, 0.29) is 17.2 Å². The number of amides is 1. The zero-order chi connectivity index (χ0) is 21.2. The number of hydrogen-bond acceptors (Lipinski definition) is 5. The van der Waals surface area contributed by atoms with Gasteiger partial charge in [0.15, 0.2) is 0 Å². The average molecular weight is 411 g/mol. The van der Waals surface area contributed by atoms with Crippen molar-refractivity contribution in [2.75, 3.05) is 17.7 Å². The lowest BCUT2D eigenvalue weighted by molar-refractivity contribution is -0.137. The van der Waals surface area contributed by atoms with E-state index in [0.29, 0.717) is 24.7 Å². The zero-order valence-corrected chi connectivity index (χ0v) is 15.9. The number of nitrogens with zero attached hydrogens (tertiary/aromatic N) is 2. The molecule has 0 aliphatic heterocycles. The fourth-order valence-corrected chi connectivity index (χ4v) is 3.26. The quantitative estimate of drug-likeness (QED) is 0.640. The first-order valence-electron chi connectivity index (χ1n) is 9.08. The summed E-state index contributed by atoms with van der Waals surface area (Å²) in [5.41, 5.74) is -1.66. The van der Waals surface area contributed by atoms with Gasteiger partial charge in [0.2, 0.25) is 0 Å². The highest BCUT2D eigenvalue weighted by atomic mass is 19.4. The van der Waals surface area contributed by atoms with Crippen molar-refractivity contribution in [1.82, 2.24) is 15.3 Å². The van der Waals surface area contributed by atoms with E-state index in [4.69, 9.17) is 0 Å². The summed E-state index contributed by atoms with van der Waals surface area (Å²) in [7, 11) is 1.47. The number of alkyl halides is 4. The van der Waals surface area contributed by atoms with Crippen LogP contribution in [-0.4, -0.2) is 34.6 Å². The Morgan fingerprint density at radius 2 is 1.93 bits per heavy atom.